The van der Waals surface area contributed by atoms with E-state index >= 15 is 0 Å². The SMILES string of the molecule is CC1CN(C)CCC1N(C)C(=O)c1cc(-c2ccc3c(c2)CCO3)no1. The molecule has 2 atom stereocenters. The summed E-state index contributed by atoms with van der Waals surface area (Å²) >= 11 is 0. The molecule has 3 heterocycles. The number of rotatable bonds is 3. The molecule has 1 aromatic carbocycles. The Hall–Kier alpha value is -2.34. The van der Waals surface area contributed by atoms with Crippen molar-refractivity contribution in [3.8, 4) is 17.0 Å². The van der Waals surface area contributed by atoms with Crippen LogP contribution in [0.4, 0.5) is 0 Å². The zero-order chi connectivity index (χ0) is 18.3. The molecule has 1 amide bonds. The molecule has 1 saturated heterocycles. The van der Waals surface area contributed by atoms with Crippen LogP contribution < -0.4 is 4.74 Å². The number of hydrogen-bond acceptors (Lipinski definition) is 5. The Kier molecular flexibility index (Phi) is 4.44. The van der Waals surface area contributed by atoms with E-state index in [9.17, 15) is 4.79 Å². The monoisotopic (exact) mass is 355 g/mol. The van der Waals surface area contributed by atoms with E-state index in [1.807, 2.05) is 24.1 Å². The Morgan fingerprint density at radius 3 is 3.00 bits per heavy atom. The van der Waals surface area contributed by atoms with Gasteiger partial charge in [0.25, 0.3) is 5.91 Å². The molecule has 6 heteroatoms. The van der Waals surface area contributed by atoms with Crippen LogP contribution in [0.25, 0.3) is 11.3 Å². The topological polar surface area (TPSA) is 58.8 Å². The summed E-state index contributed by atoms with van der Waals surface area (Å²) in [5, 5.41) is 4.12. The van der Waals surface area contributed by atoms with Gasteiger partial charge in [0, 0.05) is 37.7 Å². The van der Waals surface area contributed by atoms with Crippen LogP contribution in [-0.4, -0.2) is 60.7 Å². The number of carbonyl (C=O) groups excluding carboxylic acids is 1. The molecule has 0 aliphatic carbocycles. The lowest BCUT2D eigenvalue weighted by Crippen LogP contribution is -2.49. The number of carbonyl (C=O) groups is 1. The number of amides is 1. The third-order valence-corrected chi connectivity index (χ3v) is 5.59. The Bertz CT molecular complexity index is 816. The predicted molar refractivity (Wildman–Crippen MR) is 98.3 cm³/mol. The molecule has 2 aromatic rings. The molecule has 1 fully saturated rings. The molecule has 0 spiro atoms. The Labute approximate surface area is 153 Å². The maximum atomic E-state index is 12.9. The van der Waals surface area contributed by atoms with Crippen molar-refractivity contribution in [3.05, 3.63) is 35.6 Å². The highest BCUT2D eigenvalue weighted by atomic mass is 16.5. The lowest BCUT2D eigenvalue weighted by Gasteiger charge is -2.39. The zero-order valence-corrected chi connectivity index (χ0v) is 15.6. The second-order valence-corrected chi connectivity index (χ2v) is 7.51. The fourth-order valence-corrected chi connectivity index (χ4v) is 4.10. The lowest BCUT2D eigenvalue weighted by molar-refractivity contribution is 0.0512. The Morgan fingerprint density at radius 1 is 1.35 bits per heavy atom. The molecule has 4 rings (SSSR count). The van der Waals surface area contributed by atoms with Crippen LogP contribution in [0.2, 0.25) is 0 Å². The number of nitrogens with zero attached hydrogens (tertiary/aromatic N) is 3. The van der Waals surface area contributed by atoms with Gasteiger partial charge in [0.15, 0.2) is 0 Å². The van der Waals surface area contributed by atoms with Gasteiger partial charge < -0.3 is 19.1 Å². The normalized spacial score (nSPS) is 22.7. The van der Waals surface area contributed by atoms with Gasteiger partial charge in [0.05, 0.1) is 6.61 Å². The van der Waals surface area contributed by atoms with Gasteiger partial charge in [-0.25, -0.2) is 0 Å². The molecular weight excluding hydrogens is 330 g/mol. The van der Waals surface area contributed by atoms with Crippen molar-refractivity contribution in [1.29, 1.82) is 0 Å². The standard InChI is InChI=1S/C20H25N3O3/c1-13-12-22(2)8-6-17(13)23(3)20(24)19-11-16(21-26-19)14-4-5-18-15(10-14)7-9-25-18/h4-5,10-11,13,17H,6-9,12H2,1-3H3. The molecule has 1 aromatic heterocycles. The number of ether oxygens (including phenoxy) is 1. The number of aromatic nitrogens is 1. The van der Waals surface area contributed by atoms with Crippen LogP contribution >= 0.6 is 0 Å². The molecule has 2 unspecified atom stereocenters. The minimum absolute atomic E-state index is 0.102. The second kappa shape index (κ2) is 6.76. The summed E-state index contributed by atoms with van der Waals surface area (Å²) in [6.45, 7) is 4.93. The van der Waals surface area contributed by atoms with E-state index in [0.717, 1.165) is 43.9 Å². The second-order valence-electron chi connectivity index (χ2n) is 7.51. The van der Waals surface area contributed by atoms with Crippen LogP contribution in [0.5, 0.6) is 5.75 Å². The zero-order valence-electron chi connectivity index (χ0n) is 15.6. The van der Waals surface area contributed by atoms with Crippen LogP contribution in [0.1, 0.15) is 29.5 Å². The highest BCUT2D eigenvalue weighted by Crippen LogP contribution is 2.30. The summed E-state index contributed by atoms with van der Waals surface area (Å²) in [7, 11) is 3.99. The van der Waals surface area contributed by atoms with Gasteiger partial charge in [0.2, 0.25) is 5.76 Å². The summed E-state index contributed by atoms with van der Waals surface area (Å²) < 4.78 is 10.9. The Morgan fingerprint density at radius 2 is 2.19 bits per heavy atom. The van der Waals surface area contributed by atoms with Gasteiger partial charge in [-0.3, -0.25) is 4.79 Å². The van der Waals surface area contributed by atoms with Crippen LogP contribution in [0.15, 0.2) is 28.8 Å². The van der Waals surface area contributed by atoms with Crippen molar-refractivity contribution in [2.24, 2.45) is 5.92 Å². The van der Waals surface area contributed by atoms with Gasteiger partial charge in [-0.15, -0.1) is 0 Å². The molecule has 0 radical (unpaired) electrons. The van der Waals surface area contributed by atoms with E-state index in [-0.39, 0.29) is 11.9 Å². The molecular formula is C20H25N3O3. The number of benzene rings is 1. The van der Waals surface area contributed by atoms with Gasteiger partial charge in [-0.2, -0.15) is 0 Å². The molecule has 0 saturated carbocycles. The van der Waals surface area contributed by atoms with Crippen molar-refractivity contribution in [3.63, 3.8) is 0 Å². The third kappa shape index (κ3) is 3.09. The number of fused-ring (bicyclic) bond motifs is 1. The molecule has 0 N–H and O–H groups in total. The summed E-state index contributed by atoms with van der Waals surface area (Å²) in [6, 6.07) is 7.95. The van der Waals surface area contributed by atoms with Gasteiger partial charge in [-0.05, 0) is 49.7 Å². The first kappa shape index (κ1) is 17.1. The number of likely N-dealkylation sites (tertiary alicyclic amines) is 1. The van der Waals surface area contributed by atoms with Crippen molar-refractivity contribution in [1.82, 2.24) is 15.0 Å². The summed E-state index contributed by atoms with van der Waals surface area (Å²) in [6.07, 6.45) is 1.88. The maximum absolute atomic E-state index is 12.9. The lowest BCUT2D eigenvalue weighted by atomic mass is 9.93. The molecule has 138 valence electrons. The minimum Gasteiger partial charge on any atom is -0.493 e. The Balaban J connectivity index is 1.51. The average Bonchev–Trinajstić information content (AvgIpc) is 3.29. The first-order chi connectivity index (χ1) is 12.5. The molecule has 2 aliphatic heterocycles. The largest absolute Gasteiger partial charge is 0.493 e. The van der Waals surface area contributed by atoms with Crippen LogP contribution in [-0.2, 0) is 6.42 Å². The summed E-state index contributed by atoms with van der Waals surface area (Å²) in [5.41, 5.74) is 2.82. The van der Waals surface area contributed by atoms with E-state index in [1.165, 1.54) is 5.56 Å². The smallest absolute Gasteiger partial charge is 0.292 e. The third-order valence-electron chi connectivity index (χ3n) is 5.59. The minimum atomic E-state index is -0.102. The summed E-state index contributed by atoms with van der Waals surface area (Å²) in [4.78, 5) is 17.0. The van der Waals surface area contributed by atoms with E-state index in [4.69, 9.17) is 9.26 Å². The van der Waals surface area contributed by atoms with E-state index < -0.39 is 0 Å². The highest BCUT2D eigenvalue weighted by Gasteiger charge is 2.31. The van der Waals surface area contributed by atoms with Gasteiger partial charge in [0.1, 0.15) is 11.4 Å². The number of hydrogen-bond donors (Lipinski definition) is 0. The summed E-state index contributed by atoms with van der Waals surface area (Å²) in [5.74, 6) is 1.56. The molecule has 2 aliphatic rings. The van der Waals surface area contributed by atoms with Crippen molar-refractivity contribution >= 4 is 5.91 Å². The van der Waals surface area contributed by atoms with Crippen molar-refractivity contribution < 1.29 is 14.1 Å². The first-order valence-electron chi connectivity index (χ1n) is 9.21. The molecule has 26 heavy (non-hydrogen) atoms. The average molecular weight is 355 g/mol. The van der Waals surface area contributed by atoms with E-state index in [2.05, 4.69) is 30.1 Å². The molecule has 0 bridgehead atoms. The van der Waals surface area contributed by atoms with Gasteiger partial charge in [-0.1, -0.05) is 12.1 Å². The van der Waals surface area contributed by atoms with E-state index in [0.29, 0.717) is 17.4 Å². The van der Waals surface area contributed by atoms with Crippen LogP contribution in [0.3, 0.4) is 0 Å². The fraction of sp³-hybridized carbons (Fsp3) is 0.500. The first-order valence-corrected chi connectivity index (χ1v) is 9.21. The maximum Gasteiger partial charge on any atom is 0.292 e. The quantitative estimate of drug-likeness (QED) is 0.847. The number of piperidine rings is 1. The highest BCUT2D eigenvalue weighted by molar-refractivity contribution is 5.92. The molecule has 6 nitrogen and oxygen atoms in total. The van der Waals surface area contributed by atoms with Crippen molar-refractivity contribution in [2.45, 2.75) is 25.8 Å². The van der Waals surface area contributed by atoms with Crippen molar-refractivity contribution in [2.75, 3.05) is 33.8 Å². The van der Waals surface area contributed by atoms with Gasteiger partial charge >= 0.3 is 0 Å². The van der Waals surface area contributed by atoms with Crippen LogP contribution in [0, 0.1) is 5.92 Å². The fourth-order valence-electron chi connectivity index (χ4n) is 4.10. The van der Waals surface area contributed by atoms with E-state index in [1.54, 1.807) is 6.07 Å². The predicted octanol–water partition coefficient (Wildman–Crippen LogP) is 2.69.